The van der Waals surface area contributed by atoms with Crippen LogP contribution in [-0.4, -0.2) is 19.8 Å². The third kappa shape index (κ3) is 3.79. The van der Waals surface area contributed by atoms with E-state index in [-0.39, 0.29) is 5.75 Å². The van der Waals surface area contributed by atoms with E-state index in [2.05, 4.69) is 0 Å². The van der Waals surface area contributed by atoms with Crippen molar-refractivity contribution in [2.75, 3.05) is 12.8 Å². The molecule has 1 heterocycles. The van der Waals surface area contributed by atoms with Gasteiger partial charge in [-0.05, 0) is 40.1 Å². The summed E-state index contributed by atoms with van der Waals surface area (Å²) >= 11 is 1.56. The minimum Gasteiger partial charge on any atom is -0.399 e. The Bertz CT molecular complexity index is 636. The molecule has 0 saturated carbocycles. The molecule has 0 fully saturated rings. The molecule has 6 heteroatoms. The molecule has 0 aliphatic rings. The van der Waals surface area contributed by atoms with Gasteiger partial charge in [-0.3, -0.25) is 0 Å². The summed E-state index contributed by atoms with van der Waals surface area (Å²) in [6.07, 6.45) is 0. The van der Waals surface area contributed by atoms with E-state index < -0.39 is 10.0 Å². The van der Waals surface area contributed by atoms with Crippen LogP contribution in [-0.2, 0) is 22.3 Å². The van der Waals surface area contributed by atoms with Crippen molar-refractivity contribution in [2.45, 2.75) is 12.3 Å². The van der Waals surface area contributed by atoms with Crippen LogP contribution in [0.2, 0.25) is 0 Å². The molecule has 2 aromatic rings. The highest BCUT2D eigenvalue weighted by molar-refractivity contribution is 7.88. The Balaban J connectivity index is 2.09. The maximum Gasteiger partial charge on any atom is 0.218 e. The van der Waals surface area contributed by atoms with Gasteiger partial charge in [0.05, 0.1) is 5.75 Å². The van der Waals surface area contributed by atoms with Gasteiger partial charge >= 0.3 is 0 Å². The fraction of sp³-hybridized carbons (Fsp3) is 0.231. The second-order valence-electron chi connectivity index (χ2n) is 4.39. The zero-order valence-electron chi connectivity index (χ0n) is 10.6. The number of hydrogen-bond donors (Lipinski definition) is 1. The summed E-state index contributed by atoms with van der Waals surface area (Å²) in [5.74, 6) is -0.0291. The number of hydrogen-bond acceptors (Lipinski definition) is 4. The summed E-state index contributed by atoms with van der Waals surface area (Å²) in [7, 11) is -1.73. The molecule has 1 aromatic carbocycles. The normalized spacial score (nSPS) is 11.9. The molecule has 0 atom stereocenters. The molecule has 0 unspecified atom stereocenters. The average molecular weight is 296 g/mol. The third-order valence-electron chi connectivity index (χ3n) is 2.76. The van der Waals surface area contributed by atoms with Crippen molar-refractivity contribution in [1.29, 1.82) is 0 Å². The molecule has 0 bridgehead atoms. The molecule has 0 aliphatic carbocycles. The van der Waals surface area contributed by atoms with E-state index in [1.165, 1.54) is 4.31 Å². The molecule has 0 spiro atoms. The molecule has 0 aliphatic heterocycles. The van der Waals surface area contributed by atoms with Crippen LogP contribution < -0.4 is 5.73 Å². The molecule has 0 radical (unpaired) electrons. The van der Waals surface area contributed by atoms with Crippen molar-refractivity contribution in [3.63, 3.8) is 0 Å². The number of benzene rings is 1. The van der Waals surface area contributed by atoms with Crippen molar-refractivity contribution in [1.82, 2.24) is 4.31 Å². The zero-order valence-corrected chi connectivity index (χ0v) is 12.2. The summed E-state index contributed by atoms with van der Waals surface area (Å²) in [6, 6.07) is 8.89. The average Bonchev–Trinajstić information content (AvgIpc) is 2.81. The number of nitrogens with zero attached hydrogens (tertiary/aromatic N) is 1. The van der Waals surface area contributed by atoms with Crippen molar-refractivity contribution in [3.8, 4) is 0 Å². The highest BCUT2D eigenvalue weighted by atomic mass is 32.2. The van der Waals surface area contributed by atoms with Crippen LogP contribution in [0.5, 0.6) is 0 Å². The van der Waals surface area contributed by atoms with Crippen molar-refractivity contribution >= 4 is 27.0 Å². The number of rotatable bonds is 5. The highest BCUT2D eigenvalue weighted by Gasteiger charge is 2.18. The first-order chi connectivity index (χ1) is 8.97. The van der Waals surface area contributed by atoms with E-state index in [1.54, 1.807) is 42.6 Å². The number of sulfonamides is 1. The Morgan fingerprint density at radius 1 is 1.26 bits per heavy atom. The molecule has 0 saturated heterocycles. The lowest BCUT2D eigenvalue weighted by molar-refractivity contribution is 0.466. The van der Waals surface area contributed by atoms with E-state index in [9.17, 15) is 8.42 Å². The van der Waals surface area contributed by atoms with Gasteiger partial charge in [0, 0.05) is 19.3 Å². The number of thiophene rings is 1. The van der Waals surface area contributed by atoms with Crippen LogP contribution in [0.3, 0.4) is 0 Å². The van der Waals surface area contributed by atoms with Gasteiger partial charge < -0.3 is 5.73 Å². The lowest BCUT2D eigenvalue weighted by Gasteiger charge is -2.16. The minimum atomic E-state index is -3.32. The zero-order chi connectivity index (χ0) is 13.9. The molecule has 2 N–H and O–H groups in total. The lowest BCUT2D eigenvalue weighted by Crippen LogP contribution is -2.27. The molecular formula is C13H16N2O2S2. The Labute approximate surface area is 117 Å². The van der Waals surface area contributed by atoms with Crippen LogP contribution in [0.4, 0.5) is 5.69 Å². The smallest absolute Gasteiger partial charge is 0.218 e. The third-order valence-corrected chi connectivity index (χ3v) is 5.27. The first kappa shape index (κ1) is 14.0. The first-order valence-corrected chi connectivity index (χ1v) is 8.32. The van der Waals surface area contributed by atoms with E-state index in [4.69, 9.17) is 5.73 Å². The summed E-state index contributed by atoms with van der Waals surface area (Å²) in [5, 5.41) is 3.89. The Morgan fingerprint density at radius 2 is 2.05 bits per heavy atom. The maximum absolute atomic E-state index is 12.2. The Morgan fingerprint density at radius 3 is 2.68 bits per heavy atom. The van der Waals surface area contributed by atoms with Crippen LogP contribution in [0.1, 0.15) is 11.1 Å². The van der Waals surface area contributed by atoms with Gasteiger partial charge in [0.1, 0.15) is 0 Å². The van der Waals surface area contributed by atoms with Gasteiger partial charge in [0.2, 0.25) is 10.0 Å². The summed E-state index contributed by atoms with van der Waals surface area (Å²) in [4.78, 5) is 0. The molecule has 2 rings (SSSR count). The second kappa shape index (κ2) is 5.73. The van der Waals surface area contributed by atoms with Crippen molar-refractivity contribution < 1.29 is 8.42 Å². The summed E-state index contributed by atoms with van der Waals surface area (Å²) in [5.41, 5.74) is 7.94. The largest absolute Gasteiger partial charge is 0.399 e. The fourth-order valence-corrected chi connectivity index (χ4v) is 3.57. The molecule has 1 aromatic heterocycles. The minimum absolute atomic E-state index is 0.0291. The Hall–Kier alpha value is -1.37. The van der Waals surface area contributed by atoms with E-state index in [1.807, 2.05) is 16.8 Å². The van der Waals surface area contributed by atoms with Gasteiger partial charge in [-0.15, -0.1) is 0 Å². The first-order valence-electron chi connectivity index (χ1n) is 5.77. The monoisotopic (exact) mass is 296 g/mol. The predicted molar refractivity (Wildman–Crippen MR) is 79.3 cm³/mol. The van der Waals surface area contributed by atoms with Gasteiger partial charge in [-0.1, -0.05) is 12.1 Å². The Kier molecular flexibility index (Phi) is 4.24. The van der Waals surface area contributed by atoms with Crippen LogP contribution in [0.15, 0.2) is 41.1 Å². The van der Waals surface area contributed by atoms with Gasteiger partial charge in [0.25, 0.3) is 0 Å². The van der Waals surface area contributed by atoms with E-state index >= 15 is 0 Å². The lowest BCUT2D eigenvalue weighted by atomic mass is 10.2. The van der Waals surface area contributed by atoms with Gasteiger partial charge in [-0.25, -0.2) is 12.7 Å². The molecule has 19 heavy (non-hydrogen) atoms. The number of anilines is 1. The van der Waals surface area contributed by atoms with E-state index in [0.29, 0.717) is 17.8 Å². The molecule has 0 amide bonds. The van der Waals surface area contributed by atoms with Gasteiger partial charge in [-0.2, -0.15) is 11.3 Å². The quantitative estimate of drug-likeness (QED) is 0.861. The number of nitrogens with two attached hydrogens (primary N) is 1. The van der Waals surface area contributed by atoms with Crippen LogP contribution >= 0.6 is 11.3 Å². The van der Waals surface area contributed by atoms with Gasteiger partial charge in [0.15, 0.2) is 0 Å². The van der Waals surface area contributed by atoms with Crippen molar-refractivity contribution in [2.24, 2.45) is 0 Å². The standard InChI is InChI=1S/C13H16N2O2S2/c1-15(8-12-5-6-18-9-12)19(16,17)10-11-3-2-4-13(14)7-11/h2-7,9H,8,10,14H2,1H3. The SMILES string of the molecule is CN(Cc1ccsc1)S(=O)(=O)Cc1cccc(N)c1. The summed E-state index contributed by atoms with van der Waals surface area (Å²) < 4.78 is 25.8. The van der Waals surface area contributed by atoms with Crippen LogP contribution in [0.25, 0.3) is 0 Å². The van der Waals surface area contributed by atoms with E-state index in [0.717, 1.165) is 5.56 Å². The van der Waals surface area contributed by atoms with Crippen molar-refractivity contribution in [3.05, 3.63) is 52.2 Å². The molecular weight excluding hydrogens is 280 g/mol. The number of nitrogen functional groups attached to an aromatic ring is 1. The molecule has 102 valence electrons. The second-order valence-corrected chi connectivity index (χ2v) is 7.24. The van der Waals surface area contributed by atoms with Crippen LogP contribution in [0, 0.1) is 0 Å². The molecule has 4 nitrogen and oxygen atoms in total. The highest BCUT2D eigenvalue weighted by Crippen LogP contribution is 2.16. The predicted octanol–water partition coefficient (Wildman–Crippen LogP) is 2.29. The maximum atomic E-state index is 12.2. The summed E-state index contributed by atoms with van der Waals surface area (Å²) in [6.45, 7) is 0.397. The fourth-order valence-electron chi connectivity index (χ4n) is 1.74. The topological polar surface area (TPSA) is 63.4 Å².